The van der Waals surface area contributed by atoms with Crippen LogP contribution in [0.4, 0.5) is 4.79 Å². The molecule has 0 aromatic rings. The van der Waals surface area contributed by atoms with Crippen molar-refractivity contribution < 1.29 is 19.4 Å². The number of alkyl carbamates (subject to hydrolysis) is 1. The zero-order chi connectivity index (χ0) is 11.4. The van der Waals surface area contributed by atoms with E-state index in [1.54, 1.807) is 20.8 Å². The Morgan fingerprint density at radius 1 is 1.50 bits per heavy atom. The molecule has 0 radical (unpaired) electrons. The molecule has 2 N–H and O–H groups in total. The number of hydrogen-bond donors (Lipinski definition) is 2. The lowest BCUT2D eigenvalue weighted by Gasteiger charge is -2.24. The minimum Gasteiger partial charge on any atom is -0.480 e. The molecule has 0 aliphatic heterocycles. The zero-order valence-electron chi connectivity index (χ0n) is 8.96. The van der Waals surface area contributed by atoms with Gasteiger partial charge in [0.2, 0.25) is 0 Å². The summed E-state index contributed by atoms with van der Waals surface area (Å²) in [6.07, 6.45) is -0.660. The number of aliphatic carboxylic acids is 1. The molecule has 0 bridgehead atoms. The minimum atomic E-state index is -1.26. The number of carbonyl (C=O) groups is 2. The summed E-state index contributed by atoms with van der Waals surface area (Å²) in [5, 5.41) is 11.2. The van der Waals surface area contributed by atoms with E-state index < -0.39 is 17.6 Å². The van der Waals surface area contributed by atoms with Gasteiger partial charge in [0.15, 0.2) is 0 Å². The second-order valence-electron chi connectivity index (χ2n) is 3.57. The molecule has 0 saturated heterocycles. The van der Waals surface area contributed by atoms with E-state index in [0.717, 1.165) is 0 Å². The van der Waals surface area contributed by atoms with Gasteiger partial charge in [0.05, 0.1) is 6.10 Å². The molecule has 0 aliphatic rings. The molecule has 0 fully saturated rings. The van der Waals surface area contributed by atoms with Gasteiger partial charge in [-0.3, -0.25) is 0 Å². The van der Waals surface area contributed by atoms with E-state index in [4.69, 9.17) is 9.84 Å². The lowest BCUT2D eigenvalue weighted by molar-refractivity contribution is -0.144. The van der Waals surface area contributed by atoms with E-state index >= 15 is 0 Å². The Hall–Kier alpha value is -1.26. The minimum absolute atomic E-state index is 0.259. The monoisotopic (exact) mass is 203 g/mol. The van der Waals surface area contributed by atoms with Crippen molar-refractivity contribution in [3.8, 4) is 0 Å². The smallest absolute Gasteiger partial charge is 0.408 e. The highest BCUT2D eigenvalue weighted by Crippen LogP contribution is 2.09. The molecule has 0 aromatic carbocycles. The van der Waals surface area contributed by atoms with Crippen molar-refractivity contribution in [3.63, 3.8) is 0 Å². The standard InChI is InChI=1S/C9H17NO4/c1-5-9(4,7(11)12)10-8(13)14-6(2)3/h6H,5H2,1-4H3,(H,10,13)(H,11,12). The number of ether oxygens (including phenoxy) is 1. The van der Waals surface area contributed by atoms with E-state index in [1.165, 1.54) is 6.92 Å². The predicted molar refractivity (Wildman–Crippen MR) is 51.1 cm³/mol. The van der Waals surface area contributed by atoms with Crippen molar-refractivity contribution in [2.75, 3.05) is 0 Å². The van der Waals surface area contributed by atoms with Crippen LogP contribution in [0.15, 0.2) is 0 Å². The normalized spacial score (nSPS) is 14.6. The molecule has 1 unspecified atom stereocenters. The first-order chi connectivity index (χ1) is 6.31. The maximum Gasteiger partial charge on any atom is 0.408 e. The number of hydrogen-bond acceptors (Lipinski definition) is 3. The van der Waals surface area contributed by atoms with Crippen LogP contribution in [0.25, 0.3) is 0 Å². The third-order valence-electron chi connectivity index (χ3n) is 1.90. The summed E-state index contributed by atoms with van der Waals surface area (Å²) in [4.78, 5) is 21.9. The lowest BCUT2D eigenvalue weighted by Crippen LogP contribution is -2.52. The summed E-state index contributed by atoms with van der Waals surface area (Å²) >= 11 is 0. The summed E-state index contributed by atoms with van der Waals surface area (Å²) in [6, 6.07) is 0. The molecule has 0 spiro atoms. The van der Waals surface area contributed by atoms with Gasteiger partial charge >= 0.3 is 12.1 Å². The predicted octanol–water partition coefficient (Wildman–Crippen LogP) is 1.37. The van der Waals surface area contributed by atoms with Crippen LogP contribution in [0.2, 0.25) is 0 Å². The largest absolute Gasteiger partial charge is 0.480 e. The van der Waals surface area contributed by atoms with Gasteiger partial charge < -0.3 is 15.2 Å². The first-order valence-corrected chi connectivity index (χ1v) is 4.54. The topological polar surface area (TPSA) is 75.6 Å². The Kier molecular flexibility index (Phi) is 4.40. The number of nitrogens with one attached hydrogen (secondary N) is 1. The Balaban J connectivity index is 4.32. The molecule has 0 aromatic heterocycles. The Bertz CT molecular complexity index is 227. The average molecular weight is 203 g/mol. The number of carboxylic acids is 1. The van der Waals surface area contributed by atoms with Crippen LogP contribution in [-0.4, -0.2) is 28.8 Å². The SMILES string of the molecule is CCC(C)(NC(=O)OC(C)C)C(=O)O. The summed E-state index contributed by atoms with van der Waals surface area (Å²) in [5.41, 5.74) is -1.26. The molecule has 1 amide bonds. The molecule has 5 nitrogen and oxygen atoms in total. The Morgan fingerprint density at radius 3 is 2.29 bits per heavy atom. The molecule has 0 saturated carbocycles. The first kappa shape index (κ1) is 12.7. The molecule has 0 aliphatic carbocycles. The van der Waals surface area contributed by atoms with E-state index in [9.17, 15) is 9.59 Å². The molecule has 1 atom stereocenters. The molecular weight excluding hydrogens is 186 g/mol. The zero-order valence-corrected chi connectivity index (χ0v) is 8.96. The molecular formula is C9H17NO4. The number of carbonyl (C=O) groups excluding carboxylic acids is 1. The van der Waals surface area contributed by atoms with Crippen molar-refractivity contribution in [2.45, 2.75) is 45.8 Å². The molecule has 82 valence electrons. The Morgan fingerprint density at radius 2 is 2.00 bits per heavy atom. The third-order valence-corrected chi connectivity index (χ3v) is 1.90. The van der Waals surface area contributed by atoms with Gasteiger partial charge in [0.1, 0.15) is 5.54 Å². The van der Waals surface area contributed by atoms with Crippen molar-refractivity contribution in [3.05, 3.63) is 0 Å². The summed E-state index contributed by atoms with van der Waals surface area (Å²) in [7, 11) is 0. The van der Waals surface area contributed by atoms with E-state index in [2.05, 4.69) is 5.32 Å². The van der Waals surface area contributed by atoms with Crippen molar-refractivity contribution in [2.24, 2.45) is 0 Å². The highest BCUT2D eigenvalue weighted by atomic mass is 16.6. The van der Waals surface area contributed by atoms with Gasteiger partial charge in [-0.15, -0.1) is 0 Å². The number of carboxylic acid groups (broad SMARTS) is 1. The molecule has 0 rings (SSSR count). The average Bonchev–Trinajstić information content (AvgIpc) is 2.01. The highest BCUT2D eigenvalue weighted by Gasteiger charge is 2.33. The second-order valence-corrected chi connectivity index (χ2v) is 3.57. The van der Waals surface area contributed by atoms with Gasteiger partial charge in [-0.05, 0) is 27.2 Å². The van der Waals surface area contributed by atoms with Crippen LogP contribution in [0.5, 0.6) is 0 Å². The fourth-order valence-electron chi connectivity index (χ4n) is 0.762. The van der Waals surface area contributed by atoms with Crippen LogP contribution in [0, 0.1) is 0 Å². The first-order valence-electron chi connectivity index (χ1n) is 4.54. The Labute approximate surface area is 83.4 Å². The van der Waals surface area contributed by atoms with Crippen LogP contribution in [-0.2, 0) is 9.53 Å². The van der Waals surface area contributed by atoms with Crippen LogP contribution in [0.1, 0.15) is 34.1 Å². The molecule has 0 heterocycles. The van der Waals surface area contributed by atoms with Crippen molar-refractivity contribution in [1.82, 2.24) is 5.32 Å². The fourth-order valence-corrected chi connectivity index (χ4v) is 0.762. The highest BCUT2D eigenvalue weighted by molar-refractivity contribution is 5.83. The van der Waals surface area contributed by atoms with Gasteiger partial charge in [0, 0.05) is 0 Å². The quantitative estimate of drug-likeness (QED) is 0.723. The van der Waals surface area contributed by atoms with Crippen LogP contribution in [0.3, 0.4) is 0 Å². The maximum atomic E-state index is 11.1. The number of amides is 1. The van der Waals surface area contributed by atoms with Crippen LogP contribution < -0.4 is 5.32 Å². The number of rotatable bonds is 4. The fraction of sp³-hybridized carbons (Fsp3) is 0.778. The molecule has 14 heavy (non-hydrogen) atoms. The third kappa shape index (κ3) is 3.64. The van der Waals surface area contributed by atoms with Crippen molar-refractivity contribution in [1.29, 1.82) is 0 Å². The van der Waals surface area contributed by atoms with E-state index in [1.807, 2.05) is 0 Å². The maximum absolute atomic E-state index is 11.1. The summed E-state index contributed by atoms with van der Waals surface area (Å²) in [5.74, 6) is -1.07. The molecule has 5 heteroatoms. The van der Waals surface area contributed by atoms with Crippen LogP contribution >= 0.6 is 0 Å². The van der Waals surface area contributed by atoms with Gasteiger partial charge in [-0.1, -0.05) is 6.92 Å². The van der Waals surface area contributed by atoms with Gasteiger partial charge in [0.25, 0.3) is 0 Å². The van der Waals surface area contributed by atoms with Gasteiger partial charge in [-0.2, -0.15) is 0 Å². The van der Waals surface area contributed by atoms with E-state index in [-0.39, 0.29) is 6.10 Å². The van der Waals surface area contributed by atoms with Gasteiger partial charge in [-0.25, -0.2) is 9.59 Å². The second kappa shape index (κ2) is 4.83. The summed E-state index contributed by atoms with van der Waals surface area (Å²) in [6.45, 7) is 6.52. The van der Waals surface area contributed by atoms with Crippen molar-refractivity contribution >= 4 is 12.1 Å². The van der Waals surface area contributed by atoms with E-state index in [0.29, 0.717) is 6.42 Å². The summed E-state index contributed by atoms with van der Waals surface area (Å²) < 4.78 is 4.78. The lowest BCUT2D eigenvalue weighted by atomic mass is 10.00.